The summed E-state index contributed by atoms with van der Waals surface area (Å²) in [4.78, 5) is 15.8. The molecule has 0 radical (unpaired) electrons. The third-order valence-electron chi connectivity index (χ3n) is 4.24. The lowest BCUT2D eigenvalue weighted by Gasteiger charge is -2.20. The van der Waals surface area contributed by atoms with Gasteiger partial charge in [0.15, 0.2) is 5.96 Å². The monoisotopic (exact) mass is 543 g/mol. The topological polar surface area (TPSA) is 62.6 Å². The second kappa shape index (κ2) is 11.6. The highest BCUT2D eigenvalue weighted by atomic mass is 127. The highest BCUT2D eigenvalue weighted by Crippen LogP contribution is 2.23. The van der Waals surface area contributed by atoms with Crippen LogP contribution in [0.15, 0.2) is 46.1 Å². The molecule has 3 rings (SSSR count). The molecule has 0 saturated carbocycles. The molecular weight excluding hydrogens is 517 g/mol. The van der Waals surface area contributed by atoms with Crippen molar-refractivity contribution in [3.63, 3.8) is 0 Å². The molecule has 9 heteroatoms. The number of hydrogen-bond acceptors (Lipinski definition) is 6. The van der Waals surface area contributed by atoms with Gasteiger partial charge in [0, 0.05) is 37.5 Å². The normalized spacial score (nSPS) is 12.3. The van der Waals surface area contributed by atoms with E-state index in [0.717, 1.165) is 32.9 Å². The van der Waals surface area contributed by atoms with Crippen molar-refractivity contribution in [2.75, 3.05) is 21.2 Å². The third-order valence-corrected chi connectivity index (χ3v) is 6.24. The maximum Gasteiger partial charge on any atom is 0.194 e. The number of nitrogens with one attached hydrogen (secondary N) is 1. The molecule has 0 saturated heterocycles. The van der Waals surface area contributed by atoms with E-state index in [1.54, 1.807) is 36.8 Å². The molecule has 29 heavy (non-hydrogen) atoms. The molecule has 1 atom stereocenters. The Morgan fingerprint density at radius 2 is 1.90 bits per heavy atom. The van der Waals surface area contributed by atoms with E-state index in [1.807, 2.05) is 32.2 Å². The van der Waals surface area contributed by atoms with Gasteiger partial charge in [-0.05, 0) is 6.92 Å². The maximum absolute atomic E-state index is 5.34. The predicted octanol–water partition coefficient (Wildman–Crippen LogP) is 4.80. The van der Waals surface area contributed by atoms with Gasteiger partial charge in [-0.3, -0.25) is 4.99 Å². The number of thiazole rings is 2. The Hall–Kier alpha value is -1.56. The number of guanidine groups is 1. The lowest BCUT2D eigenvalue weighted by molar-refractivity contribution is 0.119. The molecule has 2 heterocycles. The molecule has 0 spiro atoms. The highest BCUT2D eigenvalue weighted by Gasteiger charge is 2.13. The average molecular weight is 544 g/mol. The molecule has 0 bridgehead atoms. The number of nitrogens with zero attached hydrogens (tertiary/aromatic N) is 4. The summed E-state index contributed by atoms with van der Waals surface area (Å²) in [5.74, 6) is 0.809. The van der Waals surface area contributed by atoms with Crippen LogP contribution in [-0.4, -0.2) is 42.0 Å². The van der Waals surface area contributed by atoms with Gasteiger partial charge in [-0.25, -0.2) is 9.97 Å². The number of aromatic nitrogens is 2. The molecule has 156 valence electrons. The minimum atomic E-state index is 0. The number of ether oxygens (including phenoxy) is 1. The van der Waals surface area contributed by atoms with E-state index in [9.17, 15) is 0 Å². The van der Waals surface area contributed by atoms with E-state index in [1.165, 1.54) is 0 Å². The number of aliphatic imine (C=N–C) groups is 1. The van der Waals surface area contributed by atoms with Crippen LogP contribution in [0.3, 0.4) is 0 Å². The van der Waals surface area contributed by atoms with E-state index in [4.69, 9.17) is 9.72 Å². The Morgan fingerprint density at radius 1 is 1.17 bits per heavy atom. The molecule has 0 aliphatic heterocycles. The number of halogens is 1. The van der Waals surface area contributed by atoms with Crippen LogP contribution in [0.1, 0.15) is 29.4 Å². The second-order valence-corrected chi connectivity index (χ2v) is 8.07. The van der Waals surface area contributed by atoms with Crippen LogP contribution < -0.4 is 5.32 Å². The van der Waals surface area contributed by atoms with E-state index < -0.39 is 0 Å². The van der Waals surface area contributed by atoms with Crippen LogP contribution in [0.2, 0.25) is 0 Å². The fourth-order valence-electron chi connectivity index (χ4n) is 2.66. The van der Waals surface area contributed by atoms with E-state index in [-0.39, 0.29) is 30.1 Å². The lowest BCUT2D eigenvalue weighted by atomic mass is 10.2. The van der Waals surface area contributed by atoms with Gasteiger partial charge in [-0.1, -0.05) is 30.3 Å². The van der Waals surface area contributed by atoms with Crippen molar-refractivity contribution < 1.29 is 4.74 Å². The van der Waals surface area contributed by atoms with Gasteiger partial charge in [0.2, 0.25) is 0 Å². The van der Waals surface area contributed by atoms with Gasteiger partial charge in [-0.15, -0.1) is 46.7 Å². The summed E-state index contributed by atoms with van der Waals surface area (Å²) in [5, 5.41) is 9.56. The van der Waals surface area contributed by atoms with Gasteiger partial charge in [0.05, 0.1) is 24.5 Å². The van der Waals surface area contributed by atoms with Crippen molar-refractivity contribution in [3.05, 3.63) is 57.5 Å². The van der Waals surface area contributed by atoms with Crippen molar-refractivity contribution in [2.24, 2.45) is 4.99 Å². The SMILES string of the molecule is CN=C(NCc1csc(-c2ccccc2)n1)N(C)Cc1csc(C(C)OC)n1.I. The van der Waals surface area contributed by atoms with Gasteiger partial charge < -0.3 is 15.0 Å². The Labute approximate surface area is 197 Å². The molecule has 0 fully saturated rings. The summed E-state index contributed by atoms with van der Waals surface area (Å²) >= 11 is 3.28. The third kappa shape index (κ3) is 6.46. The summed E-state index contributed by atoms with van der Waals surface area (Å²) in [5.41, 5.74) is 3.16. The summed E-state index contributed by atoms with van der Waals surface area (Å²) in [6.07, 6.45) is 0.0185. The minimum absolute atomic E-state index is 0. The van der Waals surface area contributed by atoms with Crippen molar-refractivity contribution >= 4 is 52.6 Å². The standard InChI is InChI=1S/C20H25N5OS2.HI/c1-14(26-4)18-24-17(13-27-18)11-25(3)20(21-2)22-10-16-12-28-19(23-16)15-8-6-5-7-9-15;/h5-9,12-14H,10-11H2,1-4H3,(H,21,22);1H. The van der Waals surface area contributed by atoms with E-state index >= 15 is 0 Å². The van der Waals surface area contributed by atoms with Crippen LogP contribution in [0.25, 0.3) is 10.6 Å². The van der Waals surface area contributed by atoms with Crippen molar-refractivity contribution in [1.82, 2.24) is 20.2 Å². The first-order chi connectivity index (χ1) is 13.6. The molecule has 2 aromatic heterocycles. The lowest BCUT2D eigenvalue weighted by Crippen LogP contribution is -2.38. The summed E-state index contributed by atoms with van der Waals surface area (Å²) in [7, 11) is 5.49. The van der Waals surface area contributed by atoms with Crippen molar-refractivity contribution in [1.29, 1.82) is 0 Å². The fourth-order valence-corrected chi connectivity index (χ4v) is 4.32. The number of rotatable bonds is 7. The zero-order chi connectivity index (χ0) is 19.9. The van der Waals surface area contributed by atoms with E-state index in [2.05, 4.69) is 43.1 Å². The quantitative estimate of drug-likeness (QED) is 0.264. The van der Waals surface area contributed by atoms with Crippen LogP contribution in [0, 0.1) is 0 Å². The first kappa shape index (κ1) is 23.7. The van der Waals surface area contributed by atoms with Crippen LogP contribution in [-0.2, 0) is 17.8 Å². The molecule has 3 aromatic rings. The molecule has 0 aliphatic rings. The maximum atomic E-state index is 5.34. The Bertz CT molecular complexity index is 913. The zero-order valence-electron chi connectivity index (χ0n) is 17.0. The smallest absolute Gasteiger partial charge is 0.194 e. The fraction of sp³-hybridized carbons (Fsp3) is 0.350. The number of methoxy groups -OCH3 is 1. The Kier molecular flexibility index (Phi) is 9.47. The molecule has 0 aliphatic carbocycles. The van der Waals surface area contributed by atoms with Crippen molar-refractivity contribution in [2.45, 2.75) is 26.1 Å². The van der Waals surface area contributed by atoms with Gasteiger partial charge in [0.25, 0.3) is 0 Å². The Morgan fingerprint density at radius 3 is 2.59 bits per heavy atom. The molecule has 6 nitrogen and oxygen atoms in total. The summed E-state index contributed by atoms with van der Waals surface area (Å²) in [6.45, 7) is 3.31. The molecule has 1 N–H and O–H groups in total. The average Bonchev–Trinajstić information content (AvgIpc) is 3.38. The largest absolute Gasteiger partial charge is 0.375 e. The van der Waals surface area contributed by atoms with Gasteiger partial charge in [0.1, 0.15) is 16.1 Å². The molecule has 1 aromatic carbocycles. The first-order valence-corrected chi connectivity index (χ1v) is 10.7. The van der Waals surface area contributed by atoms with Gasteiger partial charge in [-0.2, -0.15) is 0 Å². The predicted molar refractivity (Wildman–Crippen MR) is 132 cm³/mol. The molecular formula is C20H26IN5OS2. The second-order valence-electron chi connectivity index (χ2n) is 6.32. The molecule has 0 amide bonds. The molecule has 1 unspecified atom stereocenters. The van der Waals surface area contributed by atoms with Crippen LogP contribution in [0.4, 0.5) is 0 Å². The number of benzene rings is 1. The summed E-state index contributed by atoms with van der Waals surface area (Å²) in [6, 6.07) is 10.2. The Balaban J connectivity index is 0.00000300. The first-order valence-electron chi connectivity index (χ1n) is 8.99. The minimum Gasteiger partial charge on any atom is -0.375 e. The number of hydrogen-bond donors (Lipinski definition) is 1. The van der Waals surface area contributed by atoms with Crippen molar-refractivity contribution in [3.8, 4) is 10.6 Å². The van der Waals surface area contributed by atoms with Crippen LogP contribution >= 0.6 is 46.7 Å². The summed E-state index contributed by atoms with van der Waals surface area (Å²) < 4.78 is 5.34. The highest BCUT2D eigenvalue weighted by molar-refractivity contribution is 14.0. The van der Waals surface area contributed by atoms with Crippen LogP contribution in [0.5, 0.6) is 0 Å². The zero-order valence-corrected chi connectivity index (χ0v) is 20.9. The van der Waals surface area contributed by atoms with Gasteiger partial charge >= 0.3 is 0 Å². The van der Waals surface area contributed by atoms with E-state index in [0.29, 0.717) is 13.1 Å².